The van der Waals surface area contributed by atoms with Crippen molar-refractivity contribution in [2.45, 2.75) is 25.4 Å². The fourth-order valence-corrected chi connectivity index (χ4v) is 3.06. The van der Waals surface area contributed by atoms with Gasteiger partial charge in [0.2, 0.25) is 5.91 Å². The number of amides is 2. The summed E-state index contributed by atoms with van der Waals surface area (Å²) in [4.78, 5) is 27.6. The van der Waals surface area contributed by atoms with E-state index in [1.165, 1.54) is 0 Å². The molecule has 1 aromatic rings. The highest BCUT2D eigenvalue weighted by atomic mass is 35.5. The second kappa shape index (κ2) is 5.66. The number of aliphatic hydroxyl groups excluding tert-OH is 1. The fourth-order valence-electron chi connectivity index (χ4n) is 2.86. The van der Waals surface area contributed by atoms with Gasteiger partial charge in [-0.1, -0.05) is 11.6 Å². The maximum Gasteiger partial charge on any atom is 0.255 e. The second-order valence-corrected chi connectivity index (χ2v) is 5.91. The molecule has 2 aliphatic rings. The molecule has 112 valence electrons. The van der Waals surface area contributed by atoms with E-state index in [0.717, 1.165) is 6.42 Å². The maximum absolute atomic E-state index is 12.5. The zero-order chi connectivity index (χ0) is 15.0. The molecule has 0 saturated carbocycles. The van der Waals surface area contributed by atoms with Crippen LogP contribution >= 0.6 is 11.6 Å². The minimum Gasteiger partial charge on any atom is -0.391 e. The Morgan fingerprint density at radius 3 is 2.76 bits per heavy atom. The third-order valence-electron chi connectivity index (χ3n) is 4.02. The molecule has 0 unspecified atom stereocenters. The molecule has 0 spiro atoms. The fraction of sp³-hybridized carbons (Fsp3) is 0.467. The summed E-state index contributed by atoms with van der Waals surface area (Å²) in [6.07, 6.45) is 1.51. The van der Waals surface area contributed by atoms with Gasteiger partial charge in [-0.15, -0.1) is 0 Å². The zero-order valence-electron chi connectivity index (χ0n) is 11.6. The normalized spacial score (nSPS) is 22.2. The molecule has 21 heavy (non-hydrogen) atoms. The molecule has 6 heteroatoms. The van der Waals surface area contributed by atoms with Gasteiger partial charge >= 0.3 is 0 Å². The lowest BCUT2D eigenvalue weighted by molar-refractivity contribution is -0.117. The number of nitrogens with zero attached hydrogens (tertiary/aromatic N) is 2. The van der Waals surface area contributed by atoms with E-state index in [4.69, 9.17) is 11.6 Å². The second-order valence-electron chi connectivity index (χ2n) is 5.51. The van der Waals surface area contributed by atoms with Crippen LogP contribution in [0.3, 0.4) is 0 Å². The van der Waals surface area contributed by atoms with Crippen molar-refractivity contribution < 1.29 is 14.7 Å². The first-order chi connectivity index (χ1) is 10.1. The molecule has 3 rings (SSSR count). The summed E-state index contributed by atoms with van der Waals surface area (Å²) in [5, 5.41) is 9.92. The van der Waals surface area contributed by atoms with Crippen molar-refractivity contribution >= 4 is 29.1 Å². The van der Waals surface area contributed by atoms with Crippen molar-refractivity contribution in [3.8, 4) is 0 Å². The monoisotopic (exact) mass is 308 g/mol. The number of halogens is 1. The summed E-state index contributed by atoms with van der Waals surface area (Å²) in [5.41, 5.74) is 1.10. The number of hydrogen-bond donors (Lipinski definition) is 1. The lowest BCUT2D eigenvalue weighted by Crippen LogP contribution is -2.30. The Morgan fingerprint density at radius 1 is 1.33 bits per heavy atom. The van der Waals surface area contributed by atoms with Gasteiger partial charge in [0.25, 0.3) is 5.91 Å². The summed E-state index contributed by atoms with van der Waals surface area (Å²) in [7, 11) is 0. The van der Waals surface area contributed by atoms with E-state index in [9.17, 15) is 14.7 Å². The zero-order valence-corrected chi connectivity index (χ0v) is 12.3. The van der Waals surface area contributed by atoms with Crippen LogP contribution in [0.4, 0.5) is 5.69 Å². The highest BCUT2D eigenvalue weighted by Crippen LogP contribution is 2.28. The molecule has 0 radical (unpaired) electrons. The van der Waals surface area contributed by atoms with Gasteiger partial charge in [0.05, 0.1) is 16.7 Å². The first-order valence-corrected chi connectivity index (χ1v) is 7.51. The van der Waals surface area contributed by atoms with Crippen molar-refractivity contribution in [1.29, 1.82) is 0 Å². The van der Waals surface area contributed by atoms with Crippen LogP contribution < -0.4 is 4.90 Å². The minimum absolute atomic E-state index is 0.0762. The summed E-state index contributed by atoms with van der Waals surface area (Å²) in [5.74, 6) is -0.114. The third-order valence-corrected chi connectivity index (χ3v) is 4.35. The number of rotatable bonds is 2. The predicted octanol–water partition coefficient (Wildman–Crippen LogP) is 1.67. The molecule has 0 aliphatic carbocycles. The van der Waals surface area contributed by atoms with Crippen LogP contribution in [0.2, 0.25) is 5.02 Å². The van der Waals surface area contributed by atoms with E-state index < -0.39 is 6.10 Å². The van der Waals surface area contributed by atoms with Gasteiger partial charge in [0.15, 0.2) is 0 Å². The third kappa shape index (κ3) is 2.76. The number of β-amino-alcohol motifs (C(OH)–C–C–N with tert-alkyl or cyclic N) is 1. The van der Waals surface area contributed by atoms with Crippen LogP contribution in [-0.2, 0) is 4.79 Å². The van der Waals surface area contributed by atoms with Crippen LogP contribution in [0.15, 0.2) is 18.2 Å². The average Bonchev–Trinajstić information content (AvgIpc) is 3.07. The van der Waals surface area contributed by atoms with Crippen molar-refractivity contribution in [2.75, 3.05) is 24.5 Å². The largest absolute Gasteiger partial charge is 0.391 e. The van der Waals surface area contributed by atoms with Gasteiger partial charge in [-0.2, -0.15) is 0 Å². The van der Waals surface area contributed by atoms with Crippen LogP contribution in [0.1, 0.15) is 29.6 Å². The summed E-state index contributed by atoms with van der Waals surface area (Å²) in [6.45, 7) is 1.54. The Bertz CT molecular complexity index is 590. The highest BCUT2D eigenvalue weighted by molar-refractivity contribution is 6.34. The van der Waals surface area contributed by atoms with E-state index in [1.807, 2.05) is 0 Å². The SMILES string of the molecule is O=C(c1cc(N2CCCC2=O)ccc1Cl)N1CC[C@H](O)C1. The number of likely N-dealkylation sites (tertiary alicyclic amines) is 1. The van der Waals surface area contributed by atoms with Crippen LogP contribution in [0, 0.1) is 0 Å². The number of hydrogen-bond acceptors (Lipinski definition) is 3. The minimum atomic E-state index is -0.462. The molecule has 1 N–H and O–H groups in total. The molecular formula is C15H17ClN2O3. The van der Waals surface area contributed by atoms with E-state index in [0.29, 0.717) is 48.7 Å². The maximum atomic E-state index is 12.5. The van der Waals surface area contributed by atoms with Gasteiger partial charge in [-0.3, -0.25) is 9.59 Å². The summed E-state index contributed by atoms with van der Waals surface area (Å²) < 4.78 is 0. The topological polar surface area (TPSA) is 60.9 Å². The lowest BCUT2D eigenvalue weighted by atomic mass is 10.1. The van der Waals surface area contributed by atoms with Crippen LogP contribution in [-0.4, -0.2) is 47.6 Å². The Kier molecular flexibility index (Phi) is 3.87. The number of carbonyl (C=O) groups is 2. The standard InChI is InChI=1S/C15H17ClN2O3/c16-13-4-3-10(18-6-1-2-14(18)20)8-12(13)15(21)17-7-5-11(19)9-17/h3-4,8,11,19H,1-2,5-7,9H2/t11-/m0/s1. The van der Waals surface area contributed by atoms with E-state index in [1.54, 1.807) is 28.0 Å². The van der Waals surface area contributed by atoms with Gasteiger partial charge in [-0.25, -0.2) is 0 Å². The number of benzene rings is 1. The molecule has 2 heterocycles. The number of carbonyl (C=O) groups excluding carboxylic acids is 2. The predicted molar refractivity (Wildman–Crippen MR) is 79.6 cm³/mol. The Hall–Kier alpha value is -1.59. The quantitative estimate of drug-likeness (QED) is 0.904. The number of anilines is 1. The molecule has 2 saturated heterocycles. The van der Waals surface area contributed by atoms with Crippen LogP contribution in [0.5, 0.6) is 0 Å². The average molecular weight is 309 g/mol. The lowest BCUT2D eigenvalue weighted by Gasteiger charge is -2.20. The summed E-state index contributed by atoms with van der Waals surface area (Å²) >= 11 is 6.14. The van der Waals surface area contributed by atoms with E-state index >= 15 is 0 Å². The van der Waals surface area contributed by atoms with E-state index in [2.05, 4.69) is 0 Å². The van der Waals surface area contributed by atoms with Gasteiger partial charge in [0, 0.05) is 31.7 Å². The molecule has 1 aromatic carbocycles. The smallest absolute Gasteiger partial charge is 0.255 e. The van der Waals surface area contributed by atoms with E-state index in [-0.39, 0.29) is 11.8 Å². The number of aliphatic hydroxyl groups is 1. The molecule has 2 amide bonds. The Labute approximate surface area is 128 Å². The van der Waals surface area contributed by atoms with Crippen molar-refractivity contribution in [2.24, 2.45) is 0 Å². The highest BCUT2D eigenvalue weighted by Gasteiger charge is 2.28. The molecule has 0 aromatic heterocycles. The van der Waals surface area contributed by atoms with Gasteiger partial charge < -0.3 is 14.9 Å². The molecule has 5 nitrogen and oxygen atoms in total. The molecule has 2 aliphatic heterocycles. The molecule has 1 atom stereocenters. The molecule has 2 fully saturated rings. The summed E-state index contributed by atoms with van der Waals surface area (Å²) in [6, 6.07) is 5.10. The molecular weight excluding hydrogens is 292 g/mol. The van der Waals surface area contributed by atoms with Gasteiger partial charge in [0.1, 0.15) is 0 Å². The van der Waals surface area contributed by atoms with Crippen molar-refractivity contribution in [1.82, 2.24) is 4.90 Å². The first kappa shape index (κ1) is 14.4. The first-order valence-electron chi connectivity index (χ1n) is 7.13. The Morgan fingerprint density at radius 2 is 2.14 bits per heavy atom. The Balaban J connectivity index is 1.87. The molecule has 0 bridgehead atoms. The van der Waals surface area contributed by atoms with Crippen molar-refractivity contribution in [3.63, 3.8) is 0 Å². The van der Waals surface area contributed by atoms with Crippen LogP contribution in [0.25, 0.3) is 0 Å². The van der Waals surface area contributed by atoms with Crippen molar-refractivity contribution in [3.05, 3.63) is 28.8 Å². The van der Waals surface area contributed by atoms with Gasteiger partial charge in [-0.05, 0) is 31.0 Å².